The monoisotopic (exact) mass is 512 g/mol. The molecule has 6 N–H and O–H groups in total. The Kier molecular flexibility index (Phi) is 7.44. The summed E-state index contributed by atoms with van der Waals surface area (Å²) >= 11 is 0. The van der Waals surface area contributed by atoms with Crippen molar-refractivity contribution in [3.63, 3.8) is 0 Å². The molecule has 10 heteroatoms. The third kappa shape index (κ3) is 5.49. The molecular weight excluding hydrogens is 478 g/mol. The number of likely N-dealkylation sites (N-methyl/N-ethyl adjacent to an activating group) is 1. The molecule has 38 heavy (non-hydrogen) atoms. The van der Waals surface area contributed by atoms with Gasteiger partial charge < -0.3 is 26.7 Å². The van der Waals surface area contributed by atoms with Crippen molar-refractivity contribution in [1.82, 2.24) is 35.7 Å². The third-order valence-corrected chi connectivity index (χ3v) is 6.41. The van der Waals surface area contributed by atoms with Crippen LogP contribution in [0, 0.1) is 24.2 Å². The summed E-state index contributed by atoms with van der Waals surface area (Å²) in [6.07, 6.45) is 5.67. The van der Waals surface area contributed by atoms with Crippen LogP contribution in [0.2, 0.25) is 0 Å². The summed E-state index contributed by atoms with van der Waals surface area (Å²) in [5, 5.41) is 24.8. The quantitative estimate of drug-likeness (QED) is 0.249. The van der Waals surface area contributed by atoms with Crippen molar-refractivity contribution in [2.75, 3.05) is 14.1 Å². The summed E-state index contributed by atoms with van der Waals surface area (Å²) in [7, 11) is 5.55. The summed E-state index contributed by atoms with van der Waals surface area (Å²) in [5.74, 6) is 7.54. The maximum absolute atomic E-state index is 12.7. The number of amides is 1. The second-order valence-corrected chi connectivity index (χ2v) is 9.57. The number of carbonyl (C=O) groups excluding carboxylic acids is 1. The number of allylic oxidation sites excluding steroid dienone is 2. The van der Waals surface area contributed by atoms with Crippen LogP contribution in [0.4, 0.5) is 5.69 Å². The Hall–Kier alpha value is -4.33. The fraction of sp³-hybridized carbons (Fsp3) is 0.321. The molecule has 4 rings (SSSR count). The first-order valence-corrected chi connectivity index (χ1v) is 12.4. The van der Waals surface area contributed by atoms with E-state index in [0.717, 1.165) is 27.7 Å². The number of quaternary nitrogens is 1. The van der Waals surface area contributed by atoms with Gasteiger partial charge in [-0.15, -0.1) is 0 Å². The fourth-order valence-electron chi connectivity index (χ4n) is 4.31. The Morgan fingerprint density at radius 1 is 1.32 bits per heavy atom. The summed E-state index contributed by atoms with van der Waals surface area (Å²) < 4.78 is 1.83. The van der Waals surface area contributed by atoms with Crippen molar-refractivity contribution in [3.05, 3.63) is 65.1 Å². The van der Waals surface area contributed by atoms with Gasteiger partial charge in [-0.2, -0.15) is 5.10 Å². The number of dihydropyridines is 1. The molecule has 3 aromatic rings. The van der Waals surface area contributed by atoms with Crippen LogP contribution < -0.4 is 21.3 Å². The molecule has 0 saturated carbocycles. The number of benzene rings is 1. The van der Waals surface area contributed by atoms with Crippen LogP contribution in [0.25, 0.3) is 16.5 Å². The molecule has 2 atom stereocenters. The minimum Gasteiger partial charge on any atom is -0.352 e. The number of hydrogen-bond donors (Lipinski definition) is 5. The molecule has 3 heterocycles. The van der Waals surface area contributed by atoms with E-state index in [1.165, 1.54) is 0 Å². The van der Waals surface area contributed by atoms with Gasteiger partial charge in [0.05, 0.1) is 30.5 Å². The van der Waals surface area contributed by atoms with Crippen LogP contribution in [0.3, 0.4) is 0 Å². The van der Waals surface area contributed by atoms with Gasteiger partial charge in [0.25, 0.3) is 0 Å². The molecule has 1 amide bonds. The average Bonchev–Trinajstić information content (AvgIpc) is 3.25. The zero-order valence-electron chi connectivity index (χ0n) is 22.8. The van der Waals surface area contributed by atoms with Crippen LogP contribution in [0.1, 0.15) is 43.5 Å². The molecule has 0 spiro atoms. The van der Waals surface area contributed by atoms with E-state index in [0.29, 0.717) is 28.7 Å². The summed E-state index contributed by atoms with van der Waals surface area (Å²) in [6, 6.07) is 5.60. The van der Waals surface area contributed by atoms with Gasteiger partial charge in [0, 0.05) is 23.6 Å². The zero-order valence-corrected chi connectivity index (χ0v) is 22.8. The SMILES string of the molecule is CNC(C)C(=O)NC1=CC(c2nc(C)nc(C(C)=N)c2[NH2+]C)=CC(C)(C#Cc2ccc3c(cnn3C)c2)N1. The second kappa shape index (κ2) is 10.6. The van der Waals surface area contributed by atoms with Gasteiger partial charge in [-0.1, -0.05) is 11.8 Å². The lowest BCUT2D eigenvalue weighted by Gasteiger charge is -2.30. The molecule has 0 aliphatic carbocycles. The number of nitrogens with zero attached hydrogens (tertiary/aromatic N) is 4. The number of fused-ring (bicyclic) bond motifs is 1. The summed E-state index contributed by atoms with van der Waals surface area (Å²) in [6.45, 7) is 7.27. The molecule has 10 nitrogen and oxygen atoms in total. The van der Waals surface area contributed by atoms with Gasteiger partial charge in [-0.25, -0.2) is 9.97 Å². The first kappa shape index (κ1) is 26.7. The molecule has 2 unspecified atom stereocenters. The normalized spacial score (nSPS) is 17.6. The highest BCUT2D eigenvalue weighted by Gasteiger charge is 2.29. The van der Waals surface area contributed by atoms with Crippen LogP contribution in [0.15, 0.2) is 42.4 Å². The first-order valence-electron chi connectivity index (χ1n) is 12.4. The van der Waals surface area contributed by atoms with E-state index in [2.05, 4.69) is 37.9 Å². The van der Waals surface area contributed by atoms with Gasteiger partial charge in [-0.3, -0.25) is 9.48 Å². The van der Waals surface area contributed by atoms with E-state index in [1.54, 1.807) is 20.9 Å². The Labute approximate surface area is 222 Å². The van der Waals surface area contributed by atoms with Crippen LogP contribution in [-0.4, -0.2) is 57.0 Å². The number of rotatable bonds is 6. The van der Waals surface area contributed by atoms with E-state index in [9.17, 15) is 4.79 Å². The zero-order chi connectivity index (χ0) is 27.6. The van der Waals surface area contributed by atoms with Crippen molar-refractivity contribution in [2.45, 2.75) is 39.3 Å². The lowest BCUT2D eigenvalue weighted by atomic mass is 9.92. The topological polar surface area (TPSA) is 137 Å². The van der Waals surface area contributed by atoms with Crippen molar-refractivity contribution < 1.29 is 10.1 Å². The number of carbonyl (C=O) groups is 1. The van der Waals surface area contributed by atoms with E-state index in [-0.39, 0.29) is 11.9 Å². The van der Waals surface area contributed by atoms with E-state index < -0.39 is 5.54 Å². The molecule has 0 saturated heterocycles. The van der Waals surface area contributed by atoms with Crippen molar-refractivity contribution >= 4 is 33.8 Å². The van der Waals surface area contributed by atoms with Gasteiger partial charge in [0.15, 0.2) is 5.69 Å². The van der Waals surface area contributed by atoms with Gasteiger partial charge in [-0.05, 0) is 65.1 Å². The average molecular weight is 513 g/mol. The molecule has 1 aliphatic heterocycles. The van der Waals surface area contributed by atoms with E-state index >= 15 is 0 Å². The lowest BCUT2D eigenvalue weighted by Crippen LogP contribution is -2.74. The maximum Gasteiger partial charge on any atom is 0.242 e. The highest BCUT2D eigenvalue weighted by Crippen LogP contribution is 2.29. The molecule has 0 bridgehead atoms. The number of nitrogens with one attached hydrogen (secondary N) is 4. The Morgan fingerprint density at radius 3 is 2.76 bits per heavy atom. The number of aryl methyl sites for hydroxylation is 2. The standard InChI is InChI=1S/C28H33N9O/c1-16(29)24-26(31-6)25(34-18(3)33-24)20-13-23(35-27(38)17(2)30-5)36-28(4,14-20)11-10-19-8-9-22-21(12-19)15-32-37(22)7/h8-9,12-15,17,29-31,36H,1-7H3,(H,35,38)/p+1. The van der Waals surface area contributed by atoms with E-state index in [4.69, 9.17) is 10.4 Å². The Morgan fingerprint density at radius 2 is 2.08 bits per heavy atom. The smallest absolute Gasteiger partial charge is 0.242 e. The third-order valence-electron chi connectivity index (χ3n) is 6.41. The predicted molar refractivity (Wildman–Crippen MR) is 149 cm³/mol. The second-order valence-electron chi connectivity index (χ2n) is 9.57. The molecule has 1 aliphatic rings. The first-order chi connectivity index (χ1) is 18.0. The predicted octanol–water partition coefficient (Wildman–Crippen LogP) is 1.25. The Bertz CT molecular complexity index is 1550. The molecule has 196 valence electrons. The molecule has 0 fully saturated rings. The highest BCUT2D eigenvalue weighted by atomic mass is 16.2. The highest BCUT2D eigenvalue weighted by molar-refractivity contribution is 6.00. The fourth-order valence-corrected chi connectivity index (χ4v) is 4.31. The van der Waals surface area contributed by atoms with Gasteiger partial charge in [0.1, 0.15) is 28.6 Å². The summed E-state index contributed by atoms with van der Waals surface area (Å²) in [5.41, 5.74) is 4.21. The van der Waals surface area contributed by atoms with Gasteiger partial charge in [0.2, 0.25) is 5.91 Å². The number of nitrogens with two attached hydrogens (primary N) is 1. The van der Waals surface area contributed by atoms with Crippen molar-refractivity contribution in [2.24, 2.45) is 7.05 Å². The van der Waals surface area contributed by atoms with Crippen molar-refractivity contribution in [1.29, 1.82) is 5.41 Å². The van der Waals surface area contributed by atoms with Crippen LogP contribution >= 0.6 is 0 Å². The summed E-state index contributed by atoms with van der Waals surface area (Å²) in [4.78, 5) is 22.0. The van der Waals surface area contributed by atoms with E-state index in [1.807, 2.05) is 74.5 Å². The number of aromatic nitrogens is 4. The van der Waals surface area contributed by atoms with Crippen molar-refractivity contribution in [3.8, 4) is 11.8 Å². The minimum absolute atomic E-state index is 0.179. The van der Waals surface area contributed by atoms with Gasteiger partial charge >= 0.3 is 0 Å². The lowest BCUT2D eigenvalue weighted by molar-refractivity contribution is -0.540. The van der Waals surface area contributed by atoms with Crippen LogP contribution in [-0.2, 0) is 11.8 Å². The Balaban J connectivity index is 1.82. The number of hydrogen-bond acceptors (Lipinski definition) is 7. The molecular formula is C28H34N9O+. The maximum atomic E-state index is 12.7. The minimum atomic E-state index is -0.830. The largest absolute Gasteiger partial charge is 0.352 e. The molecule has 0 radical (unpaired) electrons. The molecule has 1 aromatic carbocycles. The van der Waals surface area contributed by atoms with Crippen LogP contribution in [0.5, 0.6) is 0 Å². The molecule has 2 aromatic heterocycles.